The van der Waals surface area contributed by atoms with Crippen molar-refractivity contribution in [3.8, 4) is 0 Å². The van der Waals surface area contributed by atoms with Gasteiger partial charge in [0, 0.05) is 24.4 Å². The Hall–Kier alpha value is -1.40. The minimum absolute atomic E-state index is 0.0661. The topological polar surface area (TPSA) is 66.5 Å². The van der Waals surface area contributed by atoms with E-state index in [4.69, 9.17) is 0 Å². The molecule has 0 saturated carbocycles. The second-order valence-electron chi connectivity index (χ2n) is 6.23. The van der Waals surface area contributed by atoms with Crippen molar-refractivity contribution in [3.05, 3.63) is 29.3 Å². The Morgan fingerprint density at radius 3 is 2.52 bits per heavy atom. The number of carbonyl (C=O) groups excluding carboxylic acids is 1. The predicted molar refractivity (Wildman–Crippen MR) is 91.5 cm³/mol. The van der Waals surface area contributed by atoms with E-state index in [2.05, 4.69) is 12.2 Å². The van der Waals surface area contributed by atoms with E-state index in [0.29, 0.717) is 17.7 Å². The van der Waals surface area contributed by atoms with Gasteiger partial charge in [-0.15, -0.1) is 0 Å². The maximum absolute atomic E-state index is 12.9. The van der Waals surface area contributed by atoms with Crippen molar-refractivity contribution < 1.29 is 13.2 Å². The number of amides is 1. The second-order valence-corrected chi connectivity index (χ2v) is 8.22. The van der Waals surface area contributed by atoms with Gasteiger partial charge in [0.15, 0.2) is 9.84 Å². The maximum Gasteiger partial charge on any atom is 0.254 e. The number of benzene rings is 1. The fourth-order valence-electron chi connectivity index (χ4n) is 3.11. The summed E-state index contributed by atoms with van der Waals surface area (Å²) >= 11 is 0. The Morgan fingerprint density at radius 2 is 1.96 bits per heavy atom. The number of carbonyl (C=O) groups is 1. The monoisotopic (exact) mass is 338 g/mol. The molecule has 0 spiro atoms. The van der Waals surface area contributed by atoms with Gasteiger partial charge >= 0.3 is 0 Å². The van der Waals surface area contributed by atoms with Crippen LogP contribution in [-0.2, 0) is 9.84 Å². The summed E-state index contributed by atoms with van der Waals surface area (Å²) in [5.74, 6) is -0.0661. The lowest BCUT2D eigenvalue weighted by molar-refractivity contribution is 0.0642. The second kappa shape index (κ2) is 7.45. The molecule has 1 aromatic rings. The van der Waals surface area contributed by atoms with Crippen LogP contribution in [0.5, 0.6) is 0 Å². The molecule has 2 rings (SSSR count). The predicted octanol–water partition coefficient (Wildman–Crippen LogP) is 2.00. The largest absolute Gasteiger partial charge is 0.336 e. The van der Waals surface area contributed by atoms with Gasteiger partial charge in [-0.25, -0.2) is 8.42 Å². The molecule has 1 aliphatic rings. The summed E-state index contributed by atoms with van der Waals surface area (Å²) in [7, 11) is -3.33. The molecule has 5 nitrogen and oxygen atoms in total. The smallest absolute Gasteiger partial charge is 0.254 e. The van der Waals surface area contributed by atoms with Gasteiger partial charge in [0.25, 0.3) is 5.91 Å². The number of aryl methyl sites for hydroxylation is 1. The maximum atomic E-state index is 12.9. The molecule has 0 radical (unpaired) electrons. The summed E-state index contributed by atoms with van der Waals surface area (Å²) in [5.41, 5.74) is 1.14. The zero-order valence-electron chi connectivity index (χ0n) is 14.1. The highest BCUT2D eigenvalue weighted by Gasteiger charge is 2.26. The van der Waals surface area contributed by atoms with Crippen LogP contribution in [-0.4, -0.2) is 51.2 Å². The number of sulfone groups is 1. The van der Waals surface area contributed by atoms with E-state index in [0.717, 1.165) is 32.4 Å². The van der Waals surface area contributed by atoms with E-state index in [-0.39, 0.29) is 16.8 Å². The summed E-state index contributed by atoms with van der Waals surface area (Å²) in [6, 6.07) is 5.20. The highest BCUT2D eigenvalue weighted by Crippen LogP contribution is 2.21. The first-order valence-corrected chi connectivity index (χ1v) is 10.1. The molecular weight excluding hydrogens is 312 g/mol. The third kappa shape index (κ3) is 4.32. The third-order valence-electron chi connectivity index (χ3n) is 4.31. The minimum Gasteiger partial charge on any atom is -0.336 e. The van der Waals surface area contributed by atoms with Crippen molar-refractivity contribution in [2.24, 2.45) is 0 Å². The summed E-state index contributed by atoms with van der Waals surface area (Å²) < 4.78 is 23.8. The first-order valence-electron chi connectivity index (χ1n) is 8.17. The Morgan fingerprint density at radius 1 is 1.30 bits per heavy atom. The third-order valence-corrected chi connectivity index (χ3v) is 5.55. The molecule has 1 saturated heterocycles. The molecule has 1 aliphatic heterocycles. The Kier molecular flexibility index (Phi) is 5.81. The minimum atomic E-state index is -3.33. The summed E-state index contributed by atoms with van der Waals surface area (Å²) in [6.45, 7) is 6.34. The molecule has 0 aliphatic carbocycles. The lowest BCUT2D eigenvalue weighted by Crippen LogP contribution is -2.46. The van der Waals surface area contributed by atoms with Crippen LogP contribution >= 0.6 is 0 Å². The highest BCUT2D eigenvalue weighted by atomic mass is 32.2. The van der Waals surface area contributed by atoms with Crippen LogP contribution in [0.2, 0.25) is 0 Å². The van der Waals surface area contributed by atoms with E-state index in [1.165, 1.54) is 12.3 Å². The van der Waals surface area contributed by atoms with Gasteiger partial charge in [-0.1, -0.05) is 13.0 Å². The van der Waals surface area contributed by atoms with Crippen LogP contribution in [0.25, 0.3) is 0 Å². The van der Waals surface area contributed by atoms with Gasteiger partial charge in [-0.3, -0.25) is 4.79 Å². The number of rotatable bonds is 5. The van der Waals surface area contributed by atoms with E-state index >= 15 is 0 Å². The van der Waals surface area contributed by atoms with Crippen LogP contribution in [0, 0.1) is 6.92 Å². The van der Waals surface area contributed by atoms with E-state index in [9.17, 15) is 13.2 Å². The molecule has 0 atom stereocenters. The van der Waals surface area contributed by atoms with Crippen LogP contribution in [0.15, 0.2) is 23.1 Å². The van der Waals surface area contributed by atoms with Crippen LogP contribution < -0.4 is 5.32 Å². The van der Waals surface area contributed by atoms with Crippen molar-refractivity contribution in [2.75, 3.05) is 25.9 Å². The summed E-state index contributed by atoms with van der Waals surface area (Å²) in [6.07, 6.45) is 3.95. The fraction of sp³-hybridized carbons (Fsp3) is 0.588. The normalized spacial score (nSPS) is 16.3. The van der Waals surface area contributed by atoms with Crippen LogP contribution in [0.1, 0.15) is 42.1 Å². The molecular formula is C17H26N2O3S. The molecule has 0 aromatic heterocycles. The molecule has 128 valence electrons. The van der Waals surface area contributed by atoms with E-state index in [1.807, 2.05) is 4.90 Å². The fourth-order valence-corrected chi connectivity index (χ4v) is 4.10. The molecule has 1 heterocycles. The Labute approximate surface area is 139 Å². The Bertz CT molecular complexity index is 664. The van der Waals surface area contributed by atoms with Gasteiger partial charge in [-0.2, -0.15) is 0 Å². The average molecular weight is 338 g/mol. The van der Waals surface area contributed by atoms with Crippen molar-refractivity contribution in [2.45, 2.75) is 44.0 Å². The van der Waals surface area contributed by atoms with Crippen LogP contribution in [0.3, 0.4) is 0 Å². The van der Waals surface area contributed by atoms with Crippen LogP contribution in [0.4, 0.5) is 0 Å². The molecule has 1 amide bonds. The molecule has 1 N–H and O–H groups in total. The molecule has 1 fully saturated rings. The van der Waals surface area contributed by atoms with Crippen molar-refractivity contribution >= 4 is 15.7 Å². The van der Waals surface area contributed by atoms with Gasteiger partial charge in [-0.05, 0) is 57.0 Å². The summed E-state index contributed by atoms with van der Waals surface area (Å²) in [5, 5.41) is 3.31. The zero-order chi connectivity index (χ0) is 17.0. The number of hydrogen-bond donors (Lipinski definition) is 1. The number of nitrogens with zero attached hydrogens (tertiary/aromatic N) is 1. The standard InChI is InChI=1S/C17H26N2O3S/c1-4-11-19(15-7-9-18-10-8-15)17(20)14-6-5-13(2)16(12-14)23(3,21)22/h5-6,12,15,18H,4,7-11H2,1-3H3. The SMILES string of the molecule is CCCN(C(=O)c1ccc(C)c(S(C)(=O)=O)c1)C1CCNCC1. The van der Waals surface area contributed by atoms with Gasteiger partial charge in [0.05, 0.1) is 4.90 Å². The number of hydrogen-bond acceptors (Lipinski definition) is 4. The molecule has 23 heavy (non-hydrogen) atoms. The van der Waals surface area contributed by atoms with Gasteiger partial charge in [0.1, 0.15) is 0 Å². The van der Waals surface area contributed by atoms with E-state index < -0.39 is 9.84 Å². The molecule has 0 bridgehead atoms. The highest BCUT2D eigenvalue weighted by molar-refractivity contribution is 7.90. The number of nitrogens with one attached hydrogen (secondary N) is 1. The van der Waals surface area contributed by atoms with Gasteiger partial charge in [0.2, 0.25) is 0 Å². The van der Waals surface area contributed by atoms with Gasteiger partial charge < -0.3 is 10.2 Å². The molecule has 0 unspecified atom stereocenters. The molecule has 1 aromatic carbocycles. The first-order chi connectivity index (χ1) is 10.8. The lowest BCUT2D eigenvalue weighted by Gasteiger charge is -2.34. The average Bonchev–Trinajstić information content (AvgIpc) is 2.52. The van der Waals surface area contributed by atoms with Crippen molar-refractivity contribution in [1.29, 1.82) is 0 Å². The molecule has 6 heteroatoms. The first kappa shape index (κ1) is 17.9. The number of piperidine rings is 1. The van der Waals surface area contributed by atoms with Crippen molar-refractivity contribution in [1.82, 2.24) is 10.2 Å². The quantitative estimate of drug-likeness (QED) is 0.892. The zero-order valence-corrected chi connectivity index (χ0v) is 14.9. The lowest BCUT2D eigenvalue weighted by atomic mass is 10.0. The Balaban J connectivity index is 2.32. The van der Waals surface area contributed by atoms with Crippen molar-refractivity contribution in [3.63, 3.8) is 0 Å². The van der Waals surface area contributed by atoms with E-state index in [1.54, 1.807) is 19.1 Å². The summed E-state index contributed by atoms with van der Waals surface area (Å²) in [4.78, 5) is 15.1.